The summed E-state index contributed by atoms with van der Waals surface area (Å²) in [5.41, 5.74) is 11.5. The predicted molar refractivity (Wildman–Crippen MR) is 526 cm³/mol. The van der Waals surface area contributed by atoms with Crippen molar-refractivity contribution in [2.75, 3.05) is 27.4 Å². The summed E-state index contributed by atoms with van der Waals surface area (Å²) in [6.07, 6.45) is 31.7. The van der Waals surface area contributed by atoms with Crippen LogP contribution in [0.5, 0.6) is 0 Å². The number of alkyl halides is 6. The first-order valence-electron chi connectivity index (χ1n) is 47.9. The van der Waals surface area contributed by atoms with Gasteiger partial charge in [-0.05, 0) is 182 Å². The van der Waals surface area contributed by atoms with Gasteiger partial charge in [0.25, 0.3) is 0 Å². The van der Waals surface area contributed by atoms with Crippen LogP contribution in [0.2, 0.25) is 0 Å². The number of rotatable bonds is 26. The van der Waals surface area contributed by atoms with Gasteiger partial charge in [0, 0.05) is 29.6 Å². The Morgan fingerprint density at radius 3 is 0.812 bits per heavy atom. The first-order chi connectivity index (χ1) is 59.5. The monoisotopic (exact) mass is 1810 g/mol. The molecule has 0 unspecified atom stereocenters. The number of hydrogen-bond donors (Lipinski definition) is 2. The van der Waals surface area contributed by atoms with Gasteiger partial charge in [0.2, 0.25) is 0 Å². The van der Waals surface area contributed by atoms with E-state index in [1.807, 2.05) is 90.1 Å². The molecule has 0 aliphatic heterocycles. The van der Waals surface area contributed by atoms with E-state index < -0.39 is 12.7 Å². The van der Waals surface area contributed by atoms with Crippen molar-refractivity contribution in [3.63, 3.8) is 0 Å². The van der Waals surface area contributed by atoms with Gasteiger partial charge in [-0.25, -0.2) is 0 Å². The molecule has 128 heavy (non-hydrogen) atoms. The van der Waals surface area contributed by atoms with Gasteiger partial charge in [0.1, 0.15) is 27.4 Å². The smallest absolute Gasteiger partial charge is 0.411 e. The maximum absolute atomic E-state index is 12.1. The van der Waals surface area contributed by atoms with E-state index in [1.54, 1.807) is 50.6 Å². The van der Waals surface area contributed by atoms with E-state index in [1.165, 1.54) is 152 Å². The predicted octanol–water partition coefficient (Wildman–Crippen LogP) is 33.2. The van der Waals surface area contributed by atoms with Crippen LogP contribution in [-0.4, -0.2) is 96.3 Å². The van der Waals surface area contributed by atoms with Crippen LogP contribution < -0.4 is 0 Å². The molecule has 3 aromatic rings. The summed E-state index contributed by atoms with van der Waals surface area (Å²) < 4.78 is 72.4. The van der Waals surface area contributed by atoms with Crippen LogP contribution in [0, 0.1) is 72.9 Å². The molecule has 16 nitrogen and oxygen atoms in total. The van der Waals surface area contributed by atoms with Crippen molar-refractivity contribution >= 4 is 45.7 Å². The third-order valence-corrected chi connectivity index (χ3v) is 21.4. The Balaban J connectivity index is 0.000000733. The topological polar surface area (TPSA) is 195 Å². The molecule has 0 heterocycles. The van der Waals surface area contributed by atoms with Crippen LogP contribution in [0.25, 0.3) is 0 Å². The zero-order valence-corrected chi connectivity index (χ0v) is 85.0. The molecule has 0 saturated heterocycles. The van der Waals surface area contributed by atoms with E-state index in [2.05, 4.69) is 201 Å². The van der Waals surface area contributed by atoms with Gasteiger partial charge in [-0.1, -0.05) is 414 Å². The average molecular weight is 1810 g/mol. The molecule has 5 saturated carbocycles. The van der Waals surface area contributed by atoms with Gasteiger partial charge in [-0.2, -0.15) is 0 Å². The molecule has 8 rings (SSSR count). The van der Waals surface area contributed by atoms with Gasteiger partial charge in [0.05, 0.1) is 45.7 Å². The fourth-order valence-corrected chi connectivity index (χ4v) is 16.0. The molecule has 0 radical (unpaired) electrons. The maximum Gasteiger partial charge on any atom is 0.593 e. The highest BCUT2D eigenvalue weighted by atomic mass is 19.4. The van der Waals surface area contributed by atoms with Gasteiger partial charge >= 0.3 is 12.7 Å². The van der Waals surface area contributed by atoms with Crippen LogP contribution in [0.4, 0.5) is 26.3 Å². The normalized spacial score (nSPS) is 17.4. The maximum atomic E-state index is 12.1. The highest BCUT2D eigenvalue weighted by Gasteiger charge is 2.35. The fraction of sp³-hybridized carbons (Fsp3) is 0.736. The van der Waals surface area contributed by atoms with E-state index >= 15 is 0 Å². The second-order valence-electron chi connectivity index (χ2n) is 45.1. The quantitative estimate of drug-likeness (QED) is 0.0198. The highest BCUT2D eigenvalue weighted by Crippen LogP contribution is 2.38. The summed E-state index contributed by atoms with van der Waals surface area (Å²) in [6, 6.07) is 28.6. The molecule has 0 aromatic heterocycles. The van der Waals surface area contributed by atoms with Gasteiger partial charge in [-0.3, -0.25) is 9.68 Å². The van der Waals surface area contributed by atoms with E-state index in [0.717, 1.165) is 105 Å². The molecule has 0 bridgehead atoms. The van der Waals surface area contributed by atoms with Crippen LogP contribution in [0.15, 0.2) is 145 Å². The number of halogens is 6. The van der Waals surface area contributed by atoms with Crippen molar-refractivity contribution in [2.45, 2.75) is 404 Å². The molecule has 2 N–H and O–H groups in total. The summed E-state index contributed by atoms with van der Waals surface area (Å²) in [4.78, 5) is 27.9. The Morgan fingerprint density at radius 2 is 0.555 bits per heavy atom. The lowest BCUT2D eigenvalue weighted by Gasteiger charge is -2.27. The molecule has 3 aromatic carbocycles. The van der Waals surface area contributed by atoms with Crippen molar-refractivity contribution in [3.05, 3.63) is 120 Å². The second-order valence-corrected chi connectivity index (χ2v) is 45.1. The fourth-order valence-electron chi connectivity index (χ4n) is 16.0. The Kier molecular flexibility index (Phi) is 56.3. The standard InChI is InChI=1S/C15H29NO.C15H27NO.C13H22F3NO.C13H16F3NO.C13H25NO.C13H19NO.C12H23NO.C12H17NO/c2*1-5-11-17-16-14(12-15(2,3)4)13-9-7-6-8-10-13;2*1-12(2,3)9-11(17-18-13(14,15)16)10-7-5-4-6-8-10;2*1-13(2,3)10-12(14-15-4)11-8-6-5-7-9-11;2*1-12(2,3)9-11(13-14)10-7-5-4-6-8-10/h13H,5-12H2,1-4H3;5,13H,1,6-12H2,2-4H3;10H,4-9H2,1-3H3;4-8H,9H2,1-3H3;11H,5-10H2,1-4H3;5-9H,10H2,1-4H3;10,14H,4-9H2,1-3H3;4-8,14H,9H2,1-3H3/b2*16-14+;2*17-11+;2*14-12+;2*13-11+. The molecule has 5 aliphatic carbocycles. The summed E-state index contributed by atoms with van der Waals surface area (Å²) >= 11 is 0. The third kappa shape index (κ3) is 63.7. The minimum Gasteiger partial charge on any atom is -0.411 e. The first kappa shape index (κ1) is 119. The molecule has 0 atom stereocenters. The molecule has 22 heteroatoms. The van der Waals surface area contributed by atoms with Gasteiger partial charge in [0.15, 0.2) is 0 Å². The molecular weight excluding hydrogens is 1630 g/mol. The molecule has 0 amide bonds. The molecule has 5 fully saturated rings. The van der Waals surface area contributed by atoms with Gasteiger partial charge < -0.3 is 29.8 Å². The van der Waals surface area contributed by atoms with E-state index in [-0.39, 0.29) is 38.4 Å². The van der Waals surface area contributed by atoms with Crippen molar-refractivity contribution in [1.29, 1.82) is 0 Å². The van der Waals surface area contributed by atoms with Crippen LogP contribution in [-0.2, 0) is 29.0 Å². The highest BCUT2D eigenvalue weighted by molar-refractivity contribution is 6.02. The summed E-state index contributed by atoms with van der Waals surface area (Å²) in [7, 11) is 3.25. The SMILES string of the molecule is C=CCO/N=C(\CC(C)(C)C)C1CCCCC1.CC(C)(C)C/C(=N\O)C1CCCCC1.CC(C)(C)C/C(=N\O)c1ccccc1.CC(C)(C)C/C(=N\OC(F)(F)F)C1CCCCC1.CC(C)(C)C/C(=N\OC(F)(F)F)c1ccccc1.CCCO/N=C(\CC(C)(C)C)C1CCCCC1.CO/N=C(\CC(C)(C)C)C1CCCCC1.CO/N=C(\CC(C)(C)C)c1ccccc1. The van der Waals surface area contributed by atoms with Crippen molar-refractivity contribution in [2.24, 2.45) is 114 Å². The first-order valence-corrected chi connectivity index (χ1v) is 47.9. The second kappa shape index (κ2) is 60.7. The molecule has 0 spiro atoms. The molecule has 732 valence electrons. The molecule has 5 aliphatic rings. The Hall–Kier alpha value is -7.26. The van der Waals surface area contributed by atoms with Crippen molar-refractivity contribution < 1.29 is 65.8 Å². The largest absolute Gasteiger partial charge is 0.593 e. The lowest BCUT2D eigenvalue weighted by Crippen LogP contribution is -2.24. The number of hydrogen-bond acceptors (Lipinski definition) is 16. The van der Waals surface area contributed by atoms with Gasteiger partial charge in [-0.15, -0.1) is 26.3 Å². The third-order valence-electron chi connectivity index (χ3n) is 21.4. The van der Waals surface area contributed by atoms with E-state index in [0.29, 0.717) is 70.9 Å². The lowest BCUT2D eigenvalue weighted by molar-refractivity contribution is -0.326. The van der Waals surface area contributed by atoms with E-state index in [4.69, 9.17) is 29.8 Å². The summed E-state index contributed by atoms with van der Waals surface area (Å²) in [5, 5.41) is 48.6. The van der Waals surface area contributed by atoms with E-state index in [9.17, 15) is 26.3 Å². The zero-order valence-electron chi connectivity index (χ0n) is 85.0. The average Bonchev–Trinajstić information content (AvgIpc) is 0.913. The number of oxime groups is 8. The summed E-state index contributed by atoms with van der Waals surface area (Å²) in [5.74, 6) is 2.71. The minimum absolute atomic E-state index is 0.0781. The van der Waals surface area contributed by atoms with Crippen molar-refractivity contribution in [1.82, 2.24) is 0 Å². The Bertz CT molecular complexity index is 3660. The summed E-state index contributed by atoms with van der Waals surface area (Å²) in [6.45, 7) is 58.8. The van der Waals surface area contributed by atoms with Crippen molar-refractivity contribution in [3.8, 4) is 0 Å². The Labute approximate surface area is 773 Å². The number of benzene rings is 3. The number of nitrogens with zero attached hydrogens (tertiary/aromatic N) is 8. The zero-order chi connectivity index (χ0) is 96.9. The minimum atomic E-state index is -4.75. The van der Waals surface area contributed by atoms with Crippen LogP contribution in [0.1, 0.15) is 408 Å². The lowest BCUT2D eigenvalue weighted by atomic mass is 9.79. The van der Waals surface area contributed by atoms with Crippen LogP contribution >= 0.6 is 0 Å². The molecular formula is C106H178F6N8O8. The van der Waals surface area contributed by atoms with Crippen LogP contribution in [0.3, 0.4) is 0 Å². The Morgan fingerprint density at radius 1 is 0.312 bits per heavy atom.